The van der Waals surface area contributed by atoms with Crippen LogP contribution in [0.3, 0.4) is 0 Å². The zero-order valence-corrected chi connectivity index (χ0v) is 10.8. The topological polar surface area (TPSA) is 26.3 Å². The Morgan fingerprint density at radius 1 is 1.33 bits per heavy atom. The second-order valence-corrected chi connectivity index (χ2v) is 4.78. The van der Waals surface area contributed by atoms with Gasteiger partial charge in [0.15, 0.2) is 0 Å². The van der Waals surface area contributed by atoms with Crippen molar-refractivity contribution in [2.45, 2.75) is 41.0 Å². The summed E-state index contributed by atoms with van der Waals surface area (Å²) >= 11 is 0. The Morgan fingerprint density at radius 3 is 2.13 bits per heavy atom. The second-order valence-electron chi connectivity index (χ2n) is 4.78. The highest BCUT2D eigenvalue weighted by atomic mass is 16.5. The van der Waals surface area contributed by atoms with Gasteiger partial charge in [-0.1, -0.05) is 39.8 Å². The van der Waals surface area contributed by atoms with E-state index >= 15 is 0 Å². The third-order valence-corrected chi connectivity index (χ3v) is 2.81. The Kier molecular flexibility index (Phi) is 5.63. The van der Waals surface area contributed by atoms with Crippen LogP contribution in [0.2, 0.25) is 0 Å². The van der Waals surface area contributed by atoms with Gasteiger partial charge in [-0.2, -0.15) is 0 Å². The molecule has 0 radical (unpaired) electrons. The molecule has 0 amide bonds. The van der Waals surface area contributed by atoms with Gasteiger partial charge >= 0.3 is 5.97 Å². The van der Waals surface area contributed by atoms with E-state index in [0.29, 0.717) is 5.92 Å². The molecule has 0 saturated carbocycles. The van der Waals surface area contributed by atoms with E-state index in [-0.39, 0.29) is 11.9 Å². The highest BCUT2D eigenvalue weighted by Crippen LogP contribution is 2.37. The third-order valence-electron chi connectivity index (χ3n) is 2.81. The van der Waals surface area contributed by atoms with Crippen molar-refractivity contribution in [2.24, 2.45) is 17.3 Å². The van der Waals surface area contributed by atoms with E-state index in [4.69, 9.17) is 4.74 Å². The molecule has 0 aliphatic rings. The first-order valence-electron chi connectivity index (χ1n) is 5.63. The van der Waals surface area contributed by atoms with Crippen LogP contribution in [0.1, 0.15) is 41.0 Å². The number of carbonyl (C=O) groups is 1. The summed E-state index contributed by atoms with van der Waals surface area (Å²) in [6, 6.07) is 0. The molecule has 0 aromatic rings. The molecule has 0 N–H and O–H groups in total. The standard InChI is InChI=1S/C13H24O2/c1-7-8-13(11(4)5,9-10(2)3)12(14)15-6/h7-8,10-11H,9H2,1-6H3. The van der Waals surface area contributed by atoms with Gasteiger partial charge in [0.25, 0.3) is 0 Å². The predicted octanol–water partition coefficient (Wildman–Crippen LogP) is 3.42. The zero-order valence-electron chi connectivity index (χ0n) is 10.8. The molecule has 15 heavy (non-hydrogen) atoms. The number of hydrogen-bond acceptors (Lipinski definition) is 2. The molecule has 0 rings (SSSR count). The van der Waals surface area contributed by atoms with Gasteiger partial charge in [-0.15, -0.1) is 0 Å². The van der Waals surface area contributed by atoms with Crippen LogP contribution in [-0.4, -0.2) is 13.1 Å². The van der Waals surface area contributed by atoms with Crippen LogP contribution in [0.25, 0.3) is 0 Å². The highest BCUT2D eigenvalue weighted by molar-refractivity contribution is 5.79. The number of rotatable bonds is 5. The maximum Gasteiger partial charge on any atom is 0.315 e. The first kappa shape index (κ1) is 14.2. The van der Waals surface area contributed by atoms with Crippen LogP contribution in [-0.2, 0) is 9.53 Å². The summed E-state index contributed by atoms with van der Waals surface area (Å²) in [6.07, 6.45) is 4.77. The number of allylic oxidation sites excluding steroid dienone is 1. The summed E-state index contributed by atoms with van der Waals surface area (Å²) in [5.41, 5.74) is -0.461. The smallest absolute Gasteiger partial charge is 0.315 e. The number of ether oxygens (including phenoxy) is 1. The van der Waals surface area contributed by atoms with Gasteiger partial charge in [0.05, 0.1) is 12.5 Å². The van der Waals surface area contributed by atoms with E-state index in [1.54, 1.807) is 0 Å². The molecular formula is C13H24O2. The summed E-state index contributed by atoms with van der Waals surface area (Å²) < 4.78 is 4.94. The lowest BCUT2D eigenvalue weighted by atomic mass is 9.71. The van der Waals surface area contributed by atoms with E-state index in [1.165, 1.54) is 7.11 Å². The molecule has 2 nitrogen and oxygen atoms in total. The van der Waals surface area contributed by atoms with E-state index < -0.39 is 5.41 Å². The minimum absolute atomic E-state index is 0.121. The molecule has 2 heteroatoms. The van der Waals surface area contributed by atoms with Gasteiger partial charge in [0.1, 0.15) is 0 Å². The van der Waals surface area contributed by atoms with Crippen LogP contribution in [0.15, 0.2) is 12.2 Å². The summed E-state index contributed by atoms with van der Waals surface area (Å²) in [5.74, 6) is 0.607. The summed E-state index contributed by atoms with van der Waals surface area (Å²) in [4.78, 5) is 11.9. The van der Waals surface area contributed by atoms with Crippen LogP contribution in [0.5, 0.6) is 0 Å². The van der Waals surface area contributed by atoms with Crippen LogP contribution >= 0.6 is 0 Å². The van der Waals surface area contributed by atoms with Gasteiger partial charge in [0.2, 0.25) is 0 Å². The summed E-state index contributed by atoms with van der Waals surface area (Å²) in [7, 11) is 1.46. The molecule has 88 valence electrons. The van der Waals surface area contributed by atoms with Crippen molar-refractivity contribution >= 4 is 5.97 Å². The normalized spacial score (nSPS) is 16.0. The van der Waals surface area contributed by atoms with Gasteiger partial charge in [0, 0.05) is 0 Å². The van der Waals surface area contributed by atoms with Gasteiger partial charge in [-0.05, 0) is 25.2 Å². The van der Waals surface area contributed by atoms with Gasteiger partial charge in [-0.3, -0.25) is 4.79 Å². The Hall–Kier alpha value is -0.790. The molecule has 0 aliphatic carbocycles. The van der Waals surface area contributed by atoms with E-state index in [1.807, 2.05) is 19.1 Å². The zero-order chi connectivity index (χ0) is 12.1. The van der Waals surface area contributed by atoms with Crippen molar-refractivity contribution in [2.75, 3.05) is 7.11 Å². The fourth-order valence-corrected chi connectivity index (χ4v) is 2.05. The van der Waals surface area contributed by atoms with Crippen LogP contribution in [0.4, 0.5) is 0 Å². The molecular weight excluding hydrogens is 188 g/mol. The first-order valence-corrected chi connectivity index (χ1v) is 5.63. The minimum atomic E-state index is -0.461. The monoisotopic (exact) mass is 212 g/mol. The molecule has 0 spiro atoms. The average Bonchev–Trinajstić information content (AvgIpc) is 2.14. The van der Waals surface area contributed by atoms with Crippen molar-refractivity contribution in [3.05, 3.63) is 12.2 Å². The van der Waals surface area contributed by atoms with Crippen molar-refractivity contribution in [3.8, 4) is 0 Å². The lowest BCUT2D eigenvalue weighted by molar-refractivity contribution is -0.153. The minimum Gasteiger partial charge on any atom is -0.468 e. The summed E-state index contributed by atoms with van der Waals surface area (Å²) in [5, 5.41) is 0. The van der Waals surface area contributed by atoms with Crippen molar-refractivity contribution in [1.82, 2.24) is 0 Å². The maximum absolute atomic E-state index is 11.9. The van der Waals surface area contributed by atoms with E-state index in [2.05, 4.69) is 27.7 Å². The quantitative estimate of drug-likeness (QED) is 0.515. The van der Waals surface area contributed by atoms with Crippen LogP contribution < -0.4 is 0 Å². The Balaban J connectivity index is 5.16. The molecule has 0 aliphatic heterocycles. The molecule has 1 unspecified atom stereocenters. The lowest BCUT2D eigenvalue weighted by Crippen LogP contribution is -2.37. The SMILES string of the molecule is CC=CC(CC(C)C)(C(=O)OC)C(C)C. The molecule has 0 fully saturated rings. The molecule has 0 bridgehead atoms. The lowest BCUT2D eigenvalue weighted by Gasteiger charge is -2.33. The Bertz CT molecular complexity index is 229. The molecule has 0 aromatic heterocycles. The molecule has 0 heterocycles. The Morgan fingerprint density at radius 2 is 1.87 bits per heavy atom. The van der Waals surface area contributed by atoms with Crippen molar-refractivity contribution in [3.63, 3.8) is 0 Å². The Labute approximate surface area is 93.7 Å². The van der Waals surface area contributed by atoms with E-state index in [0.717, 1.165) is 6.42 Å². The predicted molar refractivity (Wildman–Crippen MR) is 63.6 cm³/mol. The molecule has 0 saturated heterocycles. The summed E-state index contributed by atoms with van der Waals surface area (Å²) in [6.45, 7) is 10.3. The second kappa shape index (κ2) is 5.94. The van der Waals surface area contributed by atoms with E-state index in [9.17, 15) is 4.79 Å². The first-order chi connectivity index (χ1) is 6.90. The highest BCUT2D eigenvalue weighted by Gasteiger charge is 2.40. The number of methoxy groups -OCH3 is 1. The molecule has 0 aromatic carbocycles. The average molecular weight is 212 g/mol. The van der Waals surface area contributed by atoms with Crippen molar-refractivity contribution < 1.29 is 9.53 Å². The number of carbonyl (C=O) groups excluding carboxylic acids is 1. The van der Waals surface area contributed by atoms with Crippen molar-refractivity contribution in [1.29, 1.82) is 0 Å². The molecule has 1 atom stereocenters. The number of esters is 1. The van der Waals surface area contributed by atoms with Gasteiger partial charge in [-0.25, -0.2) is 0 Å². The third kappa shape index (κ3) is 3.37. The van der Waals surface area contributed by atoms with Crippen LogP contribution in [0, 0.1) is 17.3 Å². The maximum atomic E-state index is 11.9. The fourth-order valence-electron chi connectivity index (χ4n) is 2.05. The van der Waals surface area contributed by atoms with Gasteiger partial charge < -0.3 is 4.74 Å². The number of hydrogen-bond donors (Lipinski definition) is 0. The largest absolute Gasteiger partial charge is 0.468 e. The fraction of sp³-hybridized carbons (Fsp3) is 0.769.